The summed E-state index contributed by atoms with van der Waals surface area (Å²) < 4.78 is 5.34. The van der Waals surface area contributed by atoms with E-state index in [-0.39, 0.29) is 11.8 Å². The van der Waals surface area contributed by atoms with Crippen LogP contribution in [0.3, 0.4) is 0 Å². The number of halogens is 1. The summed E-state index contributed by atoms with van der Waals surface area (Å²) in [6.45, 7) is 7.37. The maximum Gasteiger partial charge on any atom is 0.172 e. The lowest BCUT2D eigenvalue weighted by molar-refractivity contribution is 0.276. The molecule has 0 amide bonds. The smallest absolute Gasteiger partial charge is 0.172 e. The van der Waals surface area contributed by atoms with E-state index >= 15 is 0 Å². The third-order valence-electron chi connectivity index (χ3n) is 1.74. The Hall–Kier alpha value is -1.32. The van der Waals surface area contributed by atoms with Gasteiger partial charge in [0.2, 0.25) is 0 Å². The highest BCUT2D eigenvalue weighted by Crippen LogP contribution is 2.28. The number of aliphatic hydroxyl groups is 1. The summed E-state index contributed by atoms with van der Waals surface area (Å²) in [6, 6.07) is 1.68. The summed E-state index contributed by atoms with van der Waals surface area (Å²) in [5, 5.41) is 9.16. The van der Waals surface area contributed by atoms with Crippen molar-refractivity contribution in [2.75, 3.05) is 6.61 Å². The fourth-order valence-electron chi connectivity index (χ4n) is 1.09. The van der Waals surface area contributed by atoms with E-state index in [2.05, 4.69) is 18.1 Å². The molecule has 0 saturated heterocycles. The Balaban J connectivity index is 3.12. The van der Waals surface area contributed by atoms with Crippen LogP contribution in [0.15, 0.2) is 25.3 Å². The Bertz CT molecular complexity index is 377. The number of hydrogen-bond acceptors (Lipinski definition) is 3. The summed E-state index contributed by atoms with van der Waals surface area (Å²) in [7, 11) is 0. The summed E-state index contributed by atoms with van der Waals surface area (Å²) in [4.78, 5) is 3.96. The summed E-state index contributed by atoms with van der Waals surface area (Å²) in [5.74, 6) is 0.462. The quantitative estimate of drug-likeness (QED) is 0.618. The van der Waals surface area contributed by atoms with Crippen LogP contribution >= 0.6 is 11.6 Å². The molecule has 4 heteroatoms. The first-order chi connectivity index (χ1) is 7.22. The lowest BCUT2D eigenvalue weighted by Gasteiger charge is -2.10. The molecule has 0 bridgehead atoms. The molecule has 1 rings (SSSR count). The first-order valence-corrected chi connectivity index (χ1v) is 4.77. The van der Waals surface area contributed by atoms with Crippen LogP contribution in [0.1, 0.15) is 11.3 Å². The molecule has 1 aromatic heterocycles. The number of rotatable bonds is 5. The van der Waals surface area contributed by atoms with Gasteiger partial charge in [-0.2, -0.15) is 0 Å². The van der Waals surface area contributed by atoms with E-state index in [1.807, 2.05) is 0 Å². The third kappa shape index (κ3) is 2.81. The van der Waals surface area contributed by atoms with Crippen LogP contribution in [-0.2, 0) is 6.61 Å². The van der Waals surface area contributed by atoms with Crippen LogP contribution < -0.4 is 4.74 Å². The van der Waals surface area contributed by atoms with Crippen molar-refractivity contribution >= 4 is 17.7 Å². The van der Waals surface area contributed by atoms with Crippen molar-refractivity contribution in [1.82, 2.24) is 4.98 Å². The number of aromatic nitrogens is 1. The predicted octanol–water partition coefficient (Wildman–Crippen LogP) is 2.44. The SMILES string of the molecule is C=CCOc1c(C=C)cc(CO)nc1Cl. The van der Waals surface area contributed by atoms with Crippen LogP contribution in [0.5, 0.6) is 5.75 Å². The van der Waals surface area contributed by atoms with Gasteiger partial charge in [-0.05, 0) is 6.07 Å². The maximum absolute atomic E-state index is 8.94. The lowest BCUT2D eigenvalue weighted by Crippen LogP contribution is -2.00. The van der Waals surface area contributed by atoms with E-state index in [0.29, 0.717) is 23.6 Å². The summed E-state index contributed by atoms with van der Waals surface area (Å²) >= 11 is 5.90. The fourth-order valence-corrected chi connectivity index (χ4v) is 1.36. The van der Waals surface area contributed by atoms with E-state index in [0.717, 1.165) is 0 Å². The molecule has 80 valence electrons. The third-order valence-corrected chi connectivity index (χ3v) is 2.00. The Morgan fingerprint density at radius 2 is 2.27 bits per heavy atom. The van der Waals surface area contributed by atoms with Crippen LogP contribution in [0, 0.1) is 0 Å². The van der Waals surface area contributed by atoms with Crippen LogP contribution in [0.2, 0.25) is 5.15 Å². The van der Waals surface area contributed by atoms with Crippen LogP contribution in [0.4, 0.5) is 0 Å². The molecule has 15 heavy (non-hydrogen) atoms. The van der Waals surface area contributed by atoms with E-state index < -0.39 is 0 Å². The van der Waals surface area contributed by atoms with Gasteiger partial charge in [-0.1, -0.05) is 36.9 Å². The van der Waals surface area contributed by atoms with Gasteiger partial charge in [0.05, 0.1) is 12.3 Å². The van der Waals surface area contributed by atoms with E-state index in [4.69, 9.17) is 21.4 Å². The number of hydrogen-bond donors (Lipinski definition) is 1. The second-order valence-corrected chi connectivity index (χ2v) is 3.14. The van der Waals surface area contributed by atoms with Crippen molar-refractivity contribution in [3.8, 4) is 5.75 Å². The maximum atomic E-state index is 8.94. The Morgan fingerprint density at radius 1 is 1.53 bits per heavy atom. The van der Waals surface area contributed by atoms with Crippen molar-refractivity contribution in [1.29, 1.82) is 0 Å². The lowest BCUT2D eigenvalue weighted by atomic mass is 10.2. The highest BCUT2D eigenvalue weighted by molar-refractivity contribution is 6.31. The van der Waals surface area contributed by atoms with Gasteiger partial charge in [0.25, 0.3) is 0 Å². The Labute approximate surface area is 93.7 Å². The van der Waals surface area contributed by atoms with E-state index in [9.17, 15) is 0 Å². The van der Waals surface area contributed by atoms with Crippen molar-refractivity contribution in [3.05, 3.63) is 41.7 Å². The molecule has 0 spiro atoms. The minimum atomic E-state index is -0.164. The van der Waals surface area contributed by atoms with E-state index in [1.54, 1.807) is 18.2 Å². The van der Waals surface area contributed by atoms with Crippen molar-refractivity contribution in [2.24, 2.45) is 0 Å². The zero-order chi connectivity index (χ0) is 11.3. The van der Waals surface area contributed by atoms with Crippen molar-refractivity contribution in [2.45, 2.75) is 6.61 Å². The highest BCUT2D eigenvalue weighted by Gasteiger charge is 2.09. The molecule has 0 saturated carbocycles. The Morgan fingerprint density at radius 3 is 2.80 bits per heavy atom. The molecule has 0 unspecified atom stereocenters. The molecular weight excluding hydrogens is 214 g/mol. The average Bonchev–Trinajstić information content (AvgIpc) is 2.26. The second kappa shape index (κ2) is 5.53. The largest absolute Gasteiger partial charge is 0.486 e. The predicted molar refractivity (Wildman–Crippen MR) is 61.0 cm³/mol. The monoisotopic (exact) mass is 225 g/mol. The van der Waals surface area contributed by atoms with Crippen LogP contribution in [0.25, 0.3) is 6.08 Å². The second-order valence-electron chi connectivity index (χ2n) is 2.78. The molecular formula is C11H12ClNO2. The van der Waals surface area contributed by atoms with Gasteiger partial charge in [-0.25, -0.2) is 4.98 Å². The molecule has 0 aliphatic heterocycles. The van der Waals surface area contributed by atoms with Crippen molar-refractivity contribution < 1.29 is 9.84 Å². The van der Waals surface area contributed by atoms with Crippen molar-refractivity contribution in [3.63, 3.8) is 0 Å². The fraction of sp³-hybridized carbons (Fsp3) is 0.182. The molecule has 1 heterocycles. The van der Waals surface area contributed by atoms with Gasteiger partial charge in [0, 0.05) is 5.56 Å². The topological polar surface area (TPSA) is 42.4 Å². The highest BCUT2D eigenvalue weighted by atomic mass is 35.5. The average molecular weight is 226 g/mol. The number of pyridine rings is 1. The van der Waals surface area contributed by atoms with Gasteiger partial charge in [-0.3, -0.25) is 0 Å². The zero-order valence-electron chi connectivity index (χ0n) is 8.24. The van der Waals surface area contributed by atoms with Gasteiger partial charge >= 0.3 is 0 Å². The molecule has 1 aromatic rings. The number of nitrogens with zero attached hydrogens (tertiary/aromatic N) is 1. The minimum Gasteiger partial charge on any atom is -0.486 e. The number of ether oxygens (including phenoxy) is 1. The standard InChI is InChI=1S/C11H12ClNO2/c1-3-5-15-10-8(4-2)6-9(7-14)13-11(10)12/h3-4,6,14H,1-2,5,7H2. The molecule has 3 nitrogen and oxygen atoms in total. The molecule has 1 N–H and O–H groups in total. The minimum absolute atomic E-state index is 0.164. The molecule has 0 fully saturated rings. The van der Waals surface area contributed by atoms with Crippen LogP contribution in [-0.4, -0.2) is 16.7 Å². The van der Waals surface area contributed by atoms with Gasteiger partial charge in [-0.15, -0.1) is 0 Å². The van der Waals surface area contributed by atoms with Gasteiger partial charge in [0.1, 0.15) is 6.61 Å². The van der Waals surface area contributed by atoms with E-state index in [1.165, 1.54) is 0 Å². The Kier molecular flexibility index (Phi) is 4.34. The first-order valence-electron chi connectivity index (χ1n) is 4.39. The molecule has 0 aliphatic rings. The normalized spacial score (nSPS) is 9.73. The molecule has 0 atom stereocenters. The molecule has 0 radical (unpaired) electrons. The number of aliphatic hydroxyl groups excluding tert-OH is 1. The van der Waals surface area contributed by atoms with Gasteiger partial charge < -0.3 is 9.84 Å². The summed E-state index contributed by atoms with van der Waals surface area (Å²) in [5.41, 5.74) is 1.20. The summed E-state index contributed by atoms with van der Waals surface area (Å²) in [6.07, 6.45) is 3.22. The first kappa shape index (κ1) is 11.8. The molecule has 0 aliphatic carbocycles. The van der Waals surface area contributed by atoms with Gasteiger partial charge in [0.15, 0.2) is 10.9 Å². The zero-order valence-corrected chi connectivity index (χ0v) is 9.00. The molecule has 0 aromatic carbocycles.